The Kier molecular flexibility index (Phi) is 9.31. The van der Waals surface area contributed by atoms with E-state index >= 15 is 0 Å². The van der Waals surface area contributed by atoms with E-state index in [0.29, 0.717) is 35.1 Å². The minimum absolute atomic E-state index is 0.548. The van der Waals surface area contributed by atoms with Gasteiger partial charge in [0, 0.05) is 49.4 Å². The van der Waals surface area contributed by atoms with E-state index in [1.165, 1.54) is 0 Å². The van der Waals surface area contributed by atoms with E-state index in [2.05, 4.69) is 143 Å². The predicted octanol–water partition coefficient (Wildman–Crippen LogP) is 14.3. The summed E-state index contributed by atoms with van der Waals surface area (Å²) in [5.74, 6) is 3.54. The molecule has 0 N–H and O–H groups in total. The number of benzene rings is 9. The fourth-order valence-electron chi connectivity index (χ4n) is 9.47. The number of aromatic nitrogens is 8. The number of para-hydroxylation sites is 3. The lowest BCUT2D eigenvalue weighted by molar-refractivity contribution is 0.954. The number of nitrogens with zero attached hydrogens (tertiary/aromatic N) is 8. The average Bonchev–Trinajstić information content (AvgIpc) is 3.92. The molecule has 4 heterocycles. The predicted molar refractivity (Wildman–Crippen MR) is 275 cm³/mol. The first-order chi connectivity index (χ1) is 33.7. The monoisotopic (exact) mass is 870 g/mol. The maximum Gasteiger partial charge on any atom is 0.238 e. The summed E-state index contributed by atoms with van der Waals surface area (Å²) in [5.41, 5.74) is 11.8. The summed E-state index contributed by atoms with van der Waals surface area (Å²) in [4.78, 5) is 31.1. The lowest BCUT2D eigenvalue weighted by atomic mass is 10.0. The van der Waals surface area contributed by atoms with Gasteiger partial charge in [0.1, 0.15) is 0 Å². The smallest absolute Gasteiger partial charge is 0.238 e. The standard InChI is InChI=1S/C60H38N8/c1-5-20-39(21-6-1)43-28-19-29-44(36-43)58-61-55(40-22-7-2-8-23-40)63-59(64-58)47-32-15-18-35-52(47)67-50-33-16-13-30-45(50)48-38-54-49(37-53(48)67)46-31-14-17-34-51(46)68(54)60-65-56(41-24-9-3-10-25-41)62-57(66-60)42-26-11-4-12-27-42/h1-38H. The molecule has 0 saturated carbocycles. The van der Waals surface area contributed by atoms with E-state index in [9.17, 15) is 0 Å². The number of fused-ring (bicyclic) bond motifs is 6. The first kappa shape index (κ1) is 39.0. The highest BCUT2D eigenvalue weighted by Crippen LogP contribution is 2.41. The second-order valence-electron chi connectivity index (χ2n) is 16.7. The molecular weight excluding hydrogens is 833 g/mol. The van der Waals surface area contributed by atoms with Gasteiger partial charge in [-0.3, -0.25) is 4.57 Å². The van der Waals surface area contributed by atoms with Gasteiger partial charge in [-0.05, 0) is 53.6 Å². The van der Waals surface area contributed by atoms with Gasteiger partial charge in [0.05, 0.1) is 27.8 Å². The molecule has 0 amide bonds. The van der Waals surface area contributed by atoms with Crippen molar-refractivity contribution >= 4 is 43.6 Å². The minimum atomic E-state index is 0.548. The van der Waals surface area contributed by atoms with Crippen molar-refractivity contribution in [2.45, 2.75) is 0 Å². The van der Waals surface area contributed by atoms with Crippen LogP contribution in [0.4, 0.5) is 0 Å². The molecule has 0 aliphatic rings. The Balaban J connectivity index is 1.04. The zero-order valence-corrected chi connectivity index (χ0v) is 36.5. The third kappa shape index (κ3) is 6.70. The van der Waals surface area contributed by atoms with Gasteiger partial charge in [0.2, 0.25) is 5.95 Å². The van der Waals surface area contributed by atoms with E-state index in [1.807, 2.05) is 97.1 Å². The quantitative estimate of drug-likeness (QED) is 0.151. The van der Waals surface area contributed by atoms with Crippen LogP contribution in [0, 0.1) is 0 Å². The van der Waals surface area contributed by atoms with Crippen molar-refractivity contribution in [2.24, 2.45) is 0 Å². The first-order valence-corrected chi connectivity index (χ1v) is 22.6. The molecular formula is C60H38N8. The second-order valence-corrected chi connectivity index (χ2v) is 16.7. The van der Waals surface area contributed by atoms with E-state index < -0.39 is 0 Å². The molecule has 8 heteroatoms. The van der Waals surface area contributed by atoms with Crippen LogP contribution in [-0.4, -0.2) is 39.0 Å². The Morgan fingerprint density at radius 1 is 0.235 bits per heavy atom. The Bertz CT molecular complexity index is 3960. The normalized spacial score (nSPS) is 11.5. The second kappa shape index (κ2) is 16.2. The van der Waals surface area contributed by atoms with Crippen LogP contribution < -0.4 is 0 Å². The molecule has 9 aromatic carbocycles. The first-order valence-electron chi connectivity index (χ1n) is 22.6. The molecule has 0 fully saturated rings. The average molecular weight is 871 g/mol. The van der Waals surface area contributed by atoms with Crippen LogP contribution in [0.25, 0.3) is 123 Å². The third-order valence-corrected chi connectivity index (χ3v) is 12.6. The zero-order valence-electron chi connectivity index (χ0n) is 36.5. The van der Waals surface area contributed by atoms with Gasteiger partial charge in [0.25, 0.3) is 0 Å². The van der Waals surface area contributed by atoms with Gasteiger partial charge < -0.3 is 4.57 Å². The highest BCUT2D eigenvalue weighted by Gasteiger charge is 2.23. The van der Waals surface area contributed by atoms with Gasteiger partial charge in [-0.2, -0.15) is 9.97 Å². The third-order valence-electron chi connectivity index (χ3n) is 12.6. The maximum atomic E-state index is 5.29. The van der Waals surface area contributed by atoms with Crippen molar-refractivity contribution < 1.29 is 0 Å². The van der Waals surface area contributed by atoms with Crippen LogP contribution in [0.3, 0.4) is 0 Å². The lowest BCUT2D eigenvalue weighted by Gasteiger charge is -2.15. The lowest BCUT2D eigenvalue weighted by Crippen LogP contribution is -2.06. The minimum Gasteiger partial charge on any atom is -0.308 e. The summed E-state index contributed by atoms with van der Waals surface area (Å²) < 4.78 is 4.55. The molecule has 0 saturated heterocycles. The largest absolute Gasteiger partial charge is 0.308 e. The highest BCUT2D eigenvalue weighted by molar-refractivity contribution is 6.19. The molecule has 318 valence electrons. The molecule has 13 rings (SSSR count). The number of rotatable bonds is 8. The van der Waals surface area contributed by atoms with Gasteiger partial charge >= 0.3 is 0 Å². The molecule has 68 heavy (non-hydrogen) atoms. The zero-order chi connectivity index (χ0) is 45.0. The molecule has 13 aromatic rings. The Hall–Kier alpha value is -9.40. The molecule has 4 aromatic heterocycles. The van der Waals surface area contributed by atoms with Crippen molar-refractivity contribution in [1.29, 1.82) is 0 Å². The summed E-state index contributed by atoms with van der Waals surface area (Å²) in [6.45, 7) is 0. The molecule has 0 atom stereocenters. The van der Waals surface area contributed by atoms with Crippen LogP contribution >= 0.6 is 0 Å². The maximum absolute atomic E-state index is 5.29. The number of hydrogen-bond donors (Lipinski definition) is 0. The van der Waals surface area contributed by atoms with Crippen LogP contribution in [0.5, 0.6) is 0 Å². The van der Waals surface area contributed by atoms with Gasteiger partial charge in [0.15, 0.2) is 29.1 Å². The van der Waals surface area contributed by atoms with Crippen molar-refractivity contribution in [3.8, 4) is 79.7 Å². The molecule has 0 bridgehead atoms. The van der Waals surface area contributed by atoms with Crippen molar-refractivity contribution in [2.75, 3.05) is 0 Å². The summed E-state index contributed by atoms with van der Waals surface area (Å²) in [6.07, 6.45) is 0. The fourth-order valence-corrected chi connectivity index (χ4v) is 9.47. The van der Waals surface area contributed by atoms with Crippen LogP contribution in [0.2, 0.25) is 0 Å². The van der Waals surface area contributed by atoms with Crippen LogP contribution in [-0.2, 0) is 0 Å². The molecule has 0 spiro atoms. The summed E-state index contributed by atoms with van der Waals surface area (Å²) in [7, 11) is 0. The van der Waals surface area contributed by atoms with E-state index in [-0.39, 0.29) is 0 Å². The number of hydrogen-bond acceptors (Lipinski definition) is 6. The van der Waals surface area contributed by atoms with Gasteiger partial charge in [-0.1, -0.05) is 188 Å². The molecule has 0 unspecified atom stereocenters. The Morgan fingerprint density at radius 3 is 1.21 bits per heavy atom. The van der Waals surface area contributed by atoms with E-state index in [4.69, 9.17) is 29.9 Å². The van der Waals surface area contributed by atoms with Crippen molar-refractivity contribution in [3.63, 3.8) is 0 Å². The summed E-state index contributed by atoms with van der Waals surface area (Å²) in [5, 5.41) is 4.36. The van der Waals surface area contributed by atoms with Crippen LogP contribution in [0.15, 0.2) is 231 Å². The van der Waals surface area contributed by atoms with Crippen molar-refractivity contribution in [3.05, 3.63) is 231 Å². The van der Waals surface area contributed by atoms with Gasteiger partial charge in [-0.15, -0.1) is 0 Å². The van der Waals surface area contributed by atoms with E-state index in [1.54, 1.807) is 0 Å². The topological polar surface area (TPSA) is 87.2 Å². The van der Waals surface area contributed by atoms with Gasteiger partial charge in [-0.25, -0.2) is 19.9 Å². The van der Waals surface area contributed by atoms with Crippen molar-refractivity contribution in [1.82, 2.24) is 39.0 Å². The molecule has 0 aliphatic heterocycles. The molecule has 0 radical (unpaired) electrons. The van der Waals surface area contributed by atoms with Crippen LogP contribution in [0.1, 0.15) is 0 Å². The SMILES string of the molecule is c1ccc(-c2cccc(-c3nc(-c4ccccc4)nc(-c4ccccc4-n4c5ccccc5c5cc6c(cc54)c4ccccc4n6-c4nc(-c5ccccc5)nc(-c5ccccc5)n4)n3)c2)cc1. The Morgan fingerprint density at radius 2 is 0.632 bits per heavy atom. The fraction of sp³-hybridized carbons (Fsp3) is 0. The summed E-state index contributed by atoms with van der Waals surface area (Å²) >= 11 is 0. The summed E-state index contributed by atoms with van der Waals surface area (Å²) in [6, 6.07) is 79.3. The van der Waals surface area contributed by atoms with E-state index in [0.717, 1.165) is 88.2 Å². The molecule has 0 aliphatic carbocycles. The Labute approximate surface area is 391 Å². The highest BCUT2D eigenvalue weighted by atomic mass is 15.2. The molecule has 8 nitrogen and oxygen atoms in total.